The first kappa shape index (κ1) is 17.7. The average Bonchev–Trinajstić information content (AvgIpc) is 3.36. The number of benzene rings is 2. The number of hydrogen-bond acceptors (Lipinski definition) is 5. The molecule has 0 saturated heterocycles. The molecule has 1 saturated carbocycles. The van der Waals surface area contributed by atoms with Gasteiger partial charge in [-0.1, -0.05) is 42.8 Å². The van der Waals surface area contributed by atoms with Gasteiger partial charge in [0, 0.05) is 10.9 Å². The highest BCUT2D eigenvalue weighted by Gasteiger charge is 2.38. The summed E-state index contributed by atoms with van der Waals surface area (Å²) in [7, 11) is 1.37. The lowest BCUT2D eigenvalue weighted by Crippen LogP contribution is -2.30. The number of aromatic nitrogens is 1. The van der Waals surface area contributed by atoms with Crippen LogP contribution in [0.2, 0.25) is 0 Å². The fraction of sp³-hybridized carbons (Fsp3) is 0.286. The fourth-order valence-electron chi connectivity index (χ4n) is 3.72. The van der Waals surface area contributed by atoms with Crippen molar-refractivity contribution in [2.45, 2.75) is 19.3 Å². The van der Waals surface area contributed by atoms with Gasteiger partial charge in [-0.25, -0.2) is 4.98 Å². The Bertz CT molecular complexity index is 998. The quantitative estimate of drug-likeness (QED) is 0.677. The molecule has 0 bridgehead atoms. The van der Waals surface area contributed by atoms with Crippen LogP contribution in [0.5, 0.6) is 0 Å². The van der Waals surface area contributed by atoms with Crippen molar-refractivity contribution >= 4 is 39.1 Å². The molecule has 138 valence electrons. The molecule has 2 unspecified atom stereocenters. The number of carbonyl (C=O) groups is 2. The van der Waals surface area contributed by atoms with E-state index < -0.39 is 0 Å². The second kappa shape index (κ2) is 7.48. The maximum atomic E-state index is 12.6. The van der Waals surface area contributed by atoms with E-state index in [1.165, 1.54) is 23.8 Å². The number of methoxy groups -OCH3 is 1. The average molecular weight is 380 g/mol. The number of nitrogens with zero attached hydrogens (tertiary/aromatic N) is 1. The number of hydrogen-bond donors (Lipinski definition) is 1. The normalized spacial score (nSPS) is 19.1. The topological polar surface area (TPSA) is 68.3 Å². The van der Waals surface area contributed by atoms with E-state index in [1.807, 2.05) is 23.6 Å². The molecule has 0 spiro atoms. The summed E-state index contributed by atoms with van der Waals surface area (Å²) in [5, 5.41) is 7.71. The van der Waals surface area contributed by atoms with Crippen LogP contribution in [-0.4, -0.2) is 24.0 Å². The maximum absolute atomic E-state index is 12.6. The van der Waals surface area contributed by atoms with Crippen molar-refractivity contribution in [3.8, 4) is 11.3 Å². The van der Waals surface area contributed by atoms with Crippen LogP contribution in [0.3, 0.4) is 0 Å². The molecule has 1 amide bonds. The van der Waals surface area contributed by atoms with Crippen molar-refractivity contribution in [1.29, 1.82) is 0 Å². The van der Waals surface area contributed by atoms with Crippen LogP contribution in [0, 0.1) is 11.8 Å². The van der Waals surface area contributed by atoms with Crippen LogP contribution in [0.4, 0.5) is 5.13 Å². The van der Waals surface area contributed by atoms with Crippen LogP contribution in [-0.2, 0) is 14.3 Å². The Hall–Kier alpha value is -2.73. The zero-order chi connectivity index (χ0) is 18.8. The molecule has 1 heterocycles. The van der Waals surface area contributed by atoms with Crippen molar-refractivity contribution in [2.24, 2.45) is 11.8 Å². The van der Waals surface area contributed by atoms with E-state index in [-0.39, 0.29) is 23.7 Å². The van der Waals surface area contributed by atoms with E-state index in [2.05, 4.69) is 34.6 Å². The summed E-state index contributed by atoms with van der Waals surface area (Å²) in [5.74, 6) is -1.15. The Labute approximate surface area is 161 Å². The van der Waals surface area contributed by atoms with Crippen LogP contribution >= 0.6 is 11.3 Å². The standard InChI is InChI=1S/C21H20N2O3S/c1-26-20(25)17-8-4-7-16(17)19(24)23-21-22-18(12-27-21)15-10-9-13-5-2-3-6-14(13)11-15/h2-3,5-6,9-12,16-17H,4,7-8H2,1H3,(H,22,23,24). The molecule has 2 aromatic carbocycles. The molecule has 1 aliphatic carbocycles. The summed E-state index contributed by atoms with van der Waals surface area (Å²) >= 11 is 1.39. The van der Waals surface area contributed by atoms with Gasteiger partial charge in [-0.3, -0.25) is 9.59 Å². The predicted molar refractivity (Wildman–Crippen MR) is 107 cm³/mol. The zero-order valence-electron chi connectivity index (χ0n) is 15.0. The Morgan fingerprint density at radius 1 is 1.11 bits per heavy atom. The second-order valence-corrected chi connectivity index (χ2v) is 7.61. The molecule has 0 radical (unpaired) electrons. The fourth-order valence-corrected chi connectivity index (χ4v) is 4.44. The van der Waals surface area contributed by atoms with Crippen LogP contribution < -0.4 is 5.32 Å². The number of nitrogens with one attached hydrogen (secondary N) is 1. The monoisotopic (exact) mass is 380 g/mol. The van der Waals surface area contributed by atoms with Crippen molar-refractivity contribution < 1.29 is 14.3 Å². The number of amides is 1. The Kier molecular flexibility index (Phi) is 4.90. The van der Waals surface area contributed by atoms with E-state index in [1.54, 1.807) is 0 Å². The molecule has 0 aliphatic heterocycles. The number of anilines is 1. The molecular weight excluding hydrogens is 360 g/mol. The molecule has 6 heteroatoms. The number of esters is 1. The predicted octanol–water partition coefficient (Wildman–Crippen LogP) is 4.49. The van der Waals surface area contributed by atoms with Gasteiger partial charge in [-0.15, -0.1) is 11.3 Å². The van der Waals surface area contributed by atoms with Gasteiger partial charge in [0.25, 0.3) is 0 Å². The highest BCUT2D eigenvalue weighted by atomic mass is 32.1. The summed E-state index contributed by atoms with van der Waals surface area (Å²) in [6, 6.07) is 14.4. The van der Waals surface area contributed by atoms with Gasteiger partial charge in [0.2, 0.25) is 5.91 Å². The van der Waals surface area contributed by atoms with E-state index in [9.17, 15) is 9.59 Å². The minimum atomic E-state index is -0.352. The summed E-state index contributed by atoms with van der Waals surface area (Å²) < 4.78 is 4.83. The third-order valence-electron chi connectivity index (χ3n) is 5.14. The lowest BCUT2D eigenvalue weighted by molar-refractivity contribution is -0.148. The highest BCUT2D eigenvalue weighted by Crippen LogP contribution is 2.34. The lowest BCUT2D eigenvalue weighted by Gasteiger charge is -2.16. The third kappa shape index (κ3) is 3.57. The lowest BCUT2D eigenvalue weighted by atomic mass is 9.95. The van der Waals surface area contributed by atoms with E-state index in [0.29, 0.717) is 18.0 Å². The summed E-state index contributed by atoms with van der Waals surface area (Å²) in [5.41, 5.74) is 1.84. The number of fused-ring (bicyclic) bond motifs is 1. The zero-order valence-corrected chi connectivity index (χ0v) is 15.8. The van der Waals surface area contributed by atoms with Crippen LogP contribution in [0.15, 0.2) is 47.8 Å². The molecule has 1 N–H and O–H groups in total. The molecule has 27 heavy (non-hydrogen) atoms. The molecule has 3 aromatic rings. The van der Waals surface area contributed by atoms with Gasteiger partial charge in [-0.2, -0.15) is 0 Å². The molecule has 1 aromatic heterocycles. The van der Waals surface area contributed by atoms with Gasteiger partial charge in [0.1, 0.15) is 0 Å². The first-order valence-corrected chi connectivity index (χ1v) is 9.87. The molecule has 5 nitrogen and oxygen atoms in total. The van der Waals surface area contributed by atoms with Gasteiger partial charge in [-0.05, 0) is 29.7 Å². The number of rotatable bonds is 4. The van der Waals surface area contributed by atoms with Gasteiger partial charge in [0.15, 0.2) is 5.13 Å². The third-order valence-corrected chi connectivity index (χ3v) is 5.89. The first-order valence-electron chi connectivity index (χ1n) is 8.99. The first-order chi connectivity index (χ1) is 13.2. The van der Waals surface area contributed by atoms with Crippen molar-refractivity contribution in [1.82, 2.24) is 4.98 Å². The minimum Gasteiger partial charge on any atom is -0.469 e. The van der Waals surface area contributed by atoms with Gasteiger partial charge >= 0.3 is 5.97 Å². The SMILES string of the molecule is COC(=O)C1CCCC1C(=O)Nc1nc(-c2ccc3ccccc3c2)cs1. The maximum Gasteiger partial charge on any atom is 0.309 e. The van der Waals surface area contributed by atoms with Crippen molar-refractivity contribution in [3.05, 3.63) is 47.8 Å². The Balaban J connectivity index is 1.50. The number of ether oxygens (including phenoxy) is 1. The van der Waals surface area contributed by atoms with Crippen molar-refractivity contribution in [2.75, 3.05) is 12.4 Å². The van der Waals surface area contributed by atoms with Gasteiger partial charge < -0.3 is 10.1 Å². The number of thiazole rings is 1. The van der Waals surface area contributed by atoms with E-state index >= 15 is 0 Å². The smallest absolute Gasteiger partial charge is 0.309 e. The van der Waals surface area contributed by atoms with E-state index in [4.69, 9.17) is 4.74 Å². The summed E-state index contributed by atoms with van der Waals surface area (Å²) in [6.07, 6.45) is 2.26. The Morgan fingerprint density at radius 2 is 1.89 bits per heavy atom. The van der Waals surface area contributed by atoms with E-state index in [0.717, 1.165) is 23.1 Å². The van der Waals surface area contributed by atoms with Crippen LogP contribution in [0.1, 0.15) is 19.3 Å². The molecule has 1 aliphatic rings. The molecule has 4 rings (SSSR count). The summed E-state index contributed by atoms with van der Waals surface area (Å²) in [6.45, 7) is 0. The van der Waals surface area contributed by atoms with Crippen LogP contribution in [0.25, 0.3) is 22.0 Å². The second-order valence-electron chi connectivity index (χ2n) is 6.76. The number of carbonyl (C=O) groups excluding carboxylic acids is 2. The molecule has 2 atom stereocenters. The minimum absolute atomic E-state index is 0.151. The Morgan fingerprint density at radius 3 is 2.70 bits per heavy atom. The molecular formula is C21H20N2O3S. The molecule has 1 fully saturated rings. The largest absolute Gasteiger partial charge is 0.469 e. The summed E-state index contributed by atoms with van der Waals surface area (Å²) in [4.78, 5) is 29.0. The van der Waals surface area contributed by atoms with Crippen molar-refractivity contribution in [3.63, 3.8) is 0 Å². The highest BCUT2D eigenvalue weighted by molar-refractivity contribution is 7.14. The van der Waals surface area contributed by atoms with Gasteiger partial charge in [0.05, 0.1) is 24.6 Å².